The van der Waals surface area contributed by atoms with Gasteiger partial charge >= 0.3 is 0 Å². The van der Waals surface area contributed by atoms with Crippen LogP contribution in [0.3, 0.4) is 0 Å². The van der Waals surface area contributed by atoms with E-state index in [0.717, 1.165) is 12.8 Å². The van der Waals surface area contributed by atoms with E-state index in [9.17, 15) is 13.2 Å². The second kappa shape index (κ2) is 5.59. The molecule has 1 spiro atoms. The maximum atomic E-state index is 12.3. The number of amides is 1. The fourth-order valence-electron chi connectivity index (χ4n) is 3.15. The van der Waals surface area contributed by atoms with E-state index in [0.29, 0.717) is 30.9 Å². The minimum Gasteiger partial charge on any atom is -0.467 e. The van der Waals surface area contributed by atoms with Crippen molar-refractivity contribution in [3.05, 3.63) is 24.2 Å². The Morgan fingerprint density at radius 2 is 2.29 bits per heavy atom. The molecule has 130 valence electrons. The lowest BCUT2D eigenvalue weighted by atomic mass is 9.96. The predicted molar refractivity (Wildman–Crippen MR) is 84.6 cm³/mol. The maximum absolute atomic E-state index is 12.3. The standard InChI is InChI=1S/C15H19N3O5S/c19-14(16-9-11-2-1-7-22-11)13-8-15(23-17-13)5-6-18(10-15)24(20,21)12-3-4-12/h1-2,7,12H,3-6,8-10H2,(H,16,19)/t15-/m1/s1. The van der Waals surface area contributed by atoms with Crippen molar-refractivity contribution in [1.29, 1.82) is 0 Å². The third-order valence-electron chi connectivity index (χ3n) is 4.69. The summed E-state index contributed by atoms with van der Waals surface area (Å²) in [5, 5.41) is 6.40. The van der Waals surface area contributed by atoms with Gasteiger partial charge < -0.3 is 14.6 Å². The first kappa shape index (κ1) is 15.6. The van der Waals surface area contributed by atoms with Crippen LogP contribution < -0.4 is 5.32 Å². The van der Waals surface area contributed by atoms with Gasteiger partial charge in [0.15, 0.2) is 5.60 Å². The molecule has 1 aromatic heterocycles. The SMILES string of the molecule is O=C(NCc1ccco1)C1=NO[C@]2(CCN(S(=O)(=O)C3CC3)C2)C1. The zero-order valence-corrected chi connectivity index (χ0v) is 13.9. The summed E-state index contributed by atoms with van der Waals surface area (Å²) in [7, 11) is -3.22. The molecule has 0 unspecified atom stereocenters. The predicted octanol–water partition coefficient (Wildman–Crippen LogP) is 0.609. The molecule has 9 heteroatoms. The number of furan rings is 1. The van der Waals surface area contributed by atoms with Crippen molar-refractivity contribution in [3.63, 3.8) is 0 Å². The number of sulfonamides is 1. The Balaban J connectivity index is 1.34. The fraction of sp³-hybridized carbons (Fsp3) is 0.600. The third-order valence-corrected chi connectivity index (χ3v) is 7.04. The highest BCUT2D eigenvalue weighted by Gasteiger charge is 2.52. The number of carbonyl (C=O) groups is 1. The van der Waals surface area contributed by atoms with Crippen molar-refractivity contribution < 1.29 is 22.5 Å². The highest BCUT2D eigenvalue weighted by Crippen LogP contribution is 2.39. The first-order valence-corrected chi connectivity index (χ1v) is 9.53. The van der Waals surface area contributed by atoms with Gasteiger partial charge in [0, 0.05) is 19.4 Å². The van der Waals surface area contributed by atoms with Crippen molar-refractivity contribution in [1.82, 2.24) is 9.62 Å². The number of carbonyl (C=O) groups excluding carboxylic acids is 1. The lowest BCUT2D eigenvalue weighted by molar-refractivity contribution is -0.115. The molecule has 1 N–H and O–H groups in total. The number of hydrogen-bond acceptors (Lipinski definition) is 6. The van der Waals surface area contributed by atoms with Gasteiger partial charge in [0.05, 0.1) is 24.6 Å². The zero-order valence-electron chi connectivity index (χ0n) is 13.1. The Bertz CT molecular complexity index is 769. The molecule has 24 heavy (non-hydrogen) atoms. The average molecular weight is 353 g/mol. The summed E-state index contributed by atoms with van der Waals surface area (Å²) >= 11 is 0. The third kappa shape index (κ3) is 2.82. The summed E-state index contributed by atoms with van der Waals surface area (Å²) < 4.78 is 31.3. The van der Waals surface area contributed by atoms with Gasteiger partial charge in [-0.1, -0.05) is 5.16 Å². The van der Waals surface area contributed by atoms with Gasteiger partial charge in [-0.05, 0) is 25.0 Å². The van der Waals surface area contributed by atoms with Gasteiger partial charge in [0.25, 0.3) is 5.91 Å². The van der Waals surface area contributed by atoms with Crippen molar-refractivity contribution in [2.45, 2.75) is 43.1 Å². The molecule has 1 saturated carbocycles. The second-order valence-corrected chi connectivity index (χ2v) is 8.79. The van der Waals surface area contributed by atoms with Crippen LogP contribution in [0, 0.1) is 0 Å². The maximum Gasteiger partial charge on any atom is 0.269 e. The Labute approximate surface area is 139 Å². The van der Waals surface area contributed by atoms with Crippen LogP contribution in [0.2, 0.25) is 0 Å². The summed E-state index contributed by atoms with van der Waals surface area (Å²) in [6.45, 7) is 0.972. The summed E-state index contributed by atoms with van der Waals surface area (Å²) in [6.07, 6.45) is 3.90. The number of nitrogens with zero attached hydrogens (tertiary/aromatic N) is 2. The quantitative estimate of drug-likeness (QED) is 0.836. The zero-order chi connectivity index (χ0) is 16.8. The van der Waals surface area contributed by atoms with Crippen LogP contribution in [0.1, 0.15) is 31.4 Å². The van der Waals surface area contributed by atoms with E-state index < -0.39 is 15.6 Å². The van der Waals surface area contributed by atoms with Crippen molar-refractivity contribution in [2.75, 3.05) is 13.1 Å². The molecule has 4 rings (SSSR count). The average Bonchev–Trinajstić information content (AvgIpc) is 3.01. The van der Waals surface area contributed by atoms with Crippen LogP contribution in [0.4, 0.5) is 0 Å². The summed E-state index contributed by atoms with van der Waals surface area (Å²) in [4.78, 5) is 17.7. The molecular weight excluding hydrogens is 334 g/mol. The van der Waals surface area contributed by atoms with E-state index in [1.165, 1.54) is 4.31 Å². The molecule has 1 saturated heterocycles. The first-order chi connectivity index (χ1) is 11.5. The Morgan fingerprint density at radius 3 is 3.00 bits per heavy atom. The van der Waals surface area contributed by atoms with Gasteiger partial charge in [-0.25, -0.2) is 8.42 Å². The molecule has 0 radical (unpaired) electrons. The Morgan fingerprint density at radius 1 is 1.46 bits per heavy atom. The minimum atomic E-state index is -3.22. The number of nitrogens with one attached hydrogen (secondary N) is 1. The molecule has 1 aliphatic carbocycles. The van der Waals surface area contributed by atoms with E-state index >= 15 is 0 Å². The van der Waals surface area contributed by atoms with E-state index in [-0.39, 0.29) is 24.2 Å². The van der Waals surface area contributed by atoms with Crippen LogP contribution in [0.25, 0.3) is 0 Å². The van der Waals surface area contributed by atoms with E-state index in [1.807, 2.05) is 0 Å². The van der Waals surface area contributed by atoms with E-state index in [2.05, 4.69) is 10.5 Å². The first-order valence-electron chi connectivity index (χ1n) is 8.03. The largest absolute Gasteiger partial charge is 0.467 e. The smallest absolute Gasteiger partial charge is 0.269 e. The van der Waals surface area contributed by atoms with Gasteiger partial charge in [0.2, 0.25) is 10.0 Å². The van der Waals surface area contributed by atoms with Crippen molar-refractivity contribution in [3.8, 4) is 0 Å². The molecule has 3 heterocycles. The Hall–Kier alpha value is -1.87. The van der Waals surface area contributed by atoms with Crippen LogP contribution in [-0.4, -0.2) is 48.3 Å². The highest BCUT2D eigenvalue weighted by molar-refractivity contribution is 7.90. The summed E-state index contributed by atoms with van der Waals surface area (Å²) in [5.74, 6) is 0.340. The number of hydrogen-bond donors (Lipinski definition) is 1. The molecule has 3 aliphatic rings. The van der Waals surface area contributed by atoms with E-state index in [1.54, 1.807) is 18.4 Å². The van der Waals surface area contributed by atoms with Gasteiger partial charge in [-0.15, -0.1) is 0 Å². The van der Waals surface area contributed by atoms with Gasteiger partial charge in [-0.2, -0.15) is 4.31 Å². The topological polar surface area (TPSA) is 101 Å². The molecule has 2 aliphatic heterocycles. The summed E-state index contributed by atoms with van der Waals surface area (Å²) in [6, 6.07) is 3.52. The molecule has 1 aromatic rings. The molecule has 0 bridgehead atoms. The molecule has 1 atom stereocenters. The van der Waals surface area contributed by atoms with Crippen LogP contribution in [-0.2, 0) is 26.2 Å². The summed E-state index contributed by atoms with van der Waals surface area (Å²) in [5.41, 5.74) is -0.397. The molecule has 1 amide bonds. The lowest BCUT2D eigenvalue weighted by Gasteiger charge is -2.21. The second-order valence-electron chi connectivity index (χ2n) is 6.58. The van der Waals surface area contributed by atoms with E-state index in [4.69, 9.17) is 9.25 Å². The Kier molecular flexibility index (Phi) is 3.65. The lowest BCUT2D eigenvalue weighted by Crippen LogP contribution is -2.39. The van der Waals surface area contributed by atoms with Gasteiger partial charge in [0.1, 0.15) is 11.5 Å². The monoisotopic (exact) mass is 353 g/mol. The van der Waals surface area contributed by atoms with Crippen LogP contribution in [0.5, 0.6) is 0 Å². The molecule has 0 aromatic carbocycles. The minimum absolute atomic E-state index is 0.231. The van der Waals surface area contributed by atoms with Crippen LogP contribution in [0.15, 0.2) is 28.0 Å². The molecule has 8 nitrogen and oxygen atoms in total. The van der Waals surface area contributed by atoms with Crippen molar-refractivity contribution >= 4 is 21.6 Å². The number of rotatable bonds is 5. The normalized spacial score (nSPS) is 27.2. The molecular formula is C15H19N3O5S. The molecule has 2 fully saturated rings. The fourth-order valence-corrected chi connectivity index (χ4v) is 5.06. The van der Waals surface area contributed by atoms with Crippen molar-refractivity contribution in [2.24, 2.45) is 5.16 Å². The van der Waals surface area contributed by atoms with Gasteiger partial charge in [-0.3, -0.25) is 4.79 Å². The number of oxime groups is 1. The highest BCUT2D eigenvalue weighted by atomic mass is 32.2. The van der Waals surface area contributed by atoms with Crippen LogP contribution >= 0.6 is 0 Å².